The molecule has 0 radical (unpaired) electrons. The van der Waals surface area contributed by atoms with Crippen LogP contribution < -0.4 is 9.47 Å². The van der Waals surface area contributed by atoms with Gasteiger partial charge >= 0.3 is 5.97 Å². The smallest absolute Gasteiger partial charge is 0.335 e. The van der Waals surface area contributed by atoms with Crippen molar-refractivity contribution in [2.24, 2.45) is 0 Å². The maximum atomic E-state index is 11.1. The van der Waals surface area contributed by atoms with Gasteiger partial charge in [0.25, 0.3) is 0 Å². The van der Waals surface area contributed by atoms with Gasteiger partial charge in [0, 0.05) is 5.56 Å². The monoisotopic (exact) mass is 286 g/mol. The third-order valence-electron chi connectivity index (χ3n) is 3.07. The molecular formula is C17H18O4. The summed E-state index contributed by atoms with van der Waals surface area (Å²) in [5.41, 5.74) is 1.86. The molecule has 2 aromatic rings. The molecule has 0 amide bonds. The fraction of sp³-hybridized carbons (Fsp3) is 0.235. The molecule has 4 heteroatoms. The van der Waals surface area contributed by atoms with E-state index in [2.05, 4.69) is 0 Å². The molecule has 0 atom stereocenters. The van der Waals surface area contributed by atoms with Crippen molar-refractivity contribution in [3.63, 3.8) is 0 Å². The number of ether oxygens (including phenoxy) is 2. The first kappa shape index (κ1) is 14.9. The molecule has 0 aliphatic rings. The van der Waals surface area contributed by atoms with E-state index in [0.29, 0.717) is 12.4 Å². The predicted molar refractivity (Wildman–Crippen MR) is 81.2 cm³/mol. The Kier molecular flexibility index (Phi) is 4.82. The lowest BCUT2D eigenvalue weighted by Crippen LogP contribution is -1.99. The van der Waals surface area contributed by atoms with Gasteiger partial charge in [0.15, 0.2) is 0 Å². The highest BCUT2D eigenvalue weighted by atomic mass is 16.5. The highest BCUT2D eigenvalue weighted by Gasteiger charge is 2.11. The summed E-state index contributed by atoms with van der Waals surface area (Å²) in [4.78, 5) is 11.1. The lowest BCUT2D eigenvalue weighted by molar-refractivity contribution is 0.0697. The second kappa shape index (κ2) is 6.79. The quantitative estimate of drug-likeness (QED) is 0.876. The van der Waals surface area contributed by atoms with Gasteiger partial charge in [0.1, 0.15) is 11.5 Å². The van der Waals surface area contributed by atoms with Crippen molar-refractivity contribution in [2.75, 3.05) is 13.7 Å². The van der Waals surface area contributed by atoms with Gasteiger partial charge in [0.2, 0.25) is 0 Å². The molecule has 0 spiro atoms. The van der Waals surface area contributed by atoms with Crippen molar-refractivity contribution in [1.82, 2.24) is 0 Å². The van der Waals surface area contributed by atoms with Gasteiger partial charge < -0.3 is 14.6 Å². The van der Waals surface area contributed by atoms with E-state index in [1.165, 1.54) is 0 Å². The van der Waals surface area contributed by atoms with Crippen LogP contribution in [-0.4, -0.2) is 24.8 Å². The summed E-state index contributed by atoms with van der Waals surface area (Å²) in [5, 5.41) is 9.11. The fourth-order valence-electron chi connectivity index (χ4n) is 2.02. The standard InChI is InChI=1S/C17H18O4/c1-3-9-21-16-8-7-14(20-2)11-15(16)12-5-4-6-13(10-12)17(18)19/h4-8,10-11H,3,9H2,1-2H3,(H,18,19). The predicted octanol–water partition coefficient (Wildman–Crippen LogP) is 3.85. The Morgan fingerprint density at radius 1 is 1.19 bits per heavy atom. The molecule has 0 heterocycles. The second-order valence-electron chi connectivity index (χ2n) is 4.60. The van der Waals surface area contributed by atoms with Gasteiger partial charge in [-0.2, -0.15) is 0 Å². The minimum Gasteiger partial charge on any atom is -0.497 e. The van der Waals surface area contributed by atoms with Crippen molar-refractivity contribution in [3.05, 3.63) is 48.0 Å². The minimum absolute atomic E-state index is 0.247. The molecule has 0 fully saturated rings. The Balaban J connectivity index is 2.48. The van der Waals surface area contributed by atoms with Crippen LogP contribution in [0.3, 0.4) is 0 Å². The molecule has 0 aromatic heterocycles. The Bertz CT molecular complexity index is 634. The third kappa shape index (κ3) is 3.54. The first-order valence-electron chi connectivity index (χ1n) is 6.80. The zero-order chi connectivity index (χ0) is 15.2. The molecule has 21 heavy (non-hydrogen) atoms. The topological polar surface area (TPSA) is 55.8 Å². The van der Waals surface area contributed by atoms with E-state index in [1.807, 2.05) is 31.2 Å². The molecule has 2 rings (SSSR count). The van der Waals surface area contributed by atoms with Crippen molar-refractivity contribution in [3.8, 4) is 22.6 Å². The summed E-state index contributed by atoms with van der Waals surface area (Å²) < 4.78 is 11.0. The summed E-state index contributed by atoms with van der Waals surface area (Å²) in [6.07, 6.45) is 0.903. The second-order valence-corrected chi connectivity index (χ2v) is 4.60. The molecule has 2 aromatic carbocycles. The largest absolute Gasteiger partial charge is 0.497 e. The Morgan fingerprint density at radius 3 is 2.67 bits per heavy atom. The van der Waals surface area contributed by atoms with Crippen LogP contribution in [0, 0.1) is 0 Å². The molecule has 0 bridgehead atoms. The molecule has 0 unspecified atom stereocenters. The van der Waals surface area contributed by atoms with E-state index in [1.54, 1.807) is 25.3 Å². The molecule has 0 aliphatic carbocycles. The molecule has 0 saturated carbocycles. The van der Waals surface area contributed by atoms with Crippen LogP contribution in [0.15, 0.2) is 42.5 Å². The van der Waals surface area contributed by atoms with E-state index in [4.69, 9.17) is 14.6 Å². The Morgan fingerprint density at radius 2 is 2.00 bits per heavy atom. The molecule has 0 aliphatic heterocycles. The van der Waals surface area contributed by atoms with Crippen LogP contribution in [0.5, 0.6) is 11.5 Å². The number of methoxy groups -OCH3 is 1. The fourth-order valence-corrected chi connectivity index (χ4v) is 2.02. The Hall–Kier alpha value is -2.49. The maximum absolute atomic E-state index is 11.1. The van der Waals surface area contributed by atoms with Crippen LogP contribution in [0.1, 0.15) is 23.7 Å². The van der Waals surface area contributed by atoms with Gasteiger partial charge in [-0.15, -0.1) is 0 Å². The summed E-state index contributed by atoms with van der Waals surface area (Å²) in [6.45, 7) is 2.65. The van der Waals surface area contributed by atoms with Crippen LogP contribution >= 0.6 is 0 Å². The van der Waals surface area contributed by atoms with E-state index in [-0.39, 0.29) is 5.56 Å². The summed E-state index contributed by atoms with van der Waals surface area (Å²) in [5.74, 6) is 0.477. The average Bonchev–Trinajstić information content (AvgIpc) is 2.52. The van der Waals surface area contributed by atoms with Crippen molar-refractivity contribution < 1.29 is 19.4 Å². The van der Waals surface area contributed by atoms with Gasteiger partial charge in [-0.1, -0.05) is 19.1 Å². The third-order valence-corrected chi connectivity index (χ3v) is 3.07. The maximum Gasteiger partial charge on any atom is 0.335 e. The molecule has 1 N–H and O–H groups in total. The summed E-state index contributed by atoms with van der Waals surface area (Å²) >= 11 is 0. The molecule has 4 nitrogen and oxygen atoms in total. The number of carboxylic acids is 1. The Labute approximate surface area is 123 Å². The molecule has 110 valence electrons. The summed E-state index contributed by atoms with van der Waals surface area (Å²) in [7, 11) is 1.60. The molecular weight excluding hydrogens is 268 g/mol. The molecule has 0 saturated heterocycles. The van der Waals surface area contributed by atoms with Gasteiger partial charge in [-0.25, -0.2) is 4.79 Å². The first-order valence-corrected chi connectivity index (χ1v) is 6.80. The van der Waals surface area contributed by atoms with Crippen molar-refractivity contribution in [2.45, 2.75) is 13.3 Å². The van der Waals surface area contributed by atoms with E-state index in [9.17, 15) is 4.79 Å². The number of carboxylic acid groups (broad SMARTS) is 1. The van der Waals surface area contributed by atoms with Crippen LogP contribution in [-0.2, 0) is 0 Å². The highest BCUT2D eigenvalue weighted by Crippen LogP contribution is 2.34. The van der Waals surface area contributed by atoms with Crippen molar-refractivity contribution in [1.29, 1.82) is 0 Å². The summed E-state index contributed by atoms with van der Waals surface area (Å²) in [6, 6.07) is 12.3. The SMILES string of the molecule is CCCOc1ccc(OC)cc1-c1cccc(C(=O)O)c1. The first-order chi connectivity index (χ1) is 10.2. The van der Waals surface area contributed by atoms with Crippen LogP contribution in [0.25, 0.3) is 11.1 Å². The number of rotatable bonds is 6. The van der Waals surface area contributed by atoms with Gasteiger partial charge in [0.05, 0.1) is 19.3 Å². The zero-order valence-electron chi connectivity index (χ0n) is 12.1. The van der Waals surface area contributed by atoms with E-state index < -0.39 is 5.97 Å². The van der Waals surface area contributed by atoms with Gasteiger partial charge in [-0.05, 0) is 42.3 Å². The van der Waals surface area contributed by atoms with Gasteiger partial charge in [-0.3, -0.25) is 0 Å². The number of aromatic carboxylic acids is 1. The number of hydrogen-bond acceptors (Lipinski definition) is 3. The van der Waals surface area contributed by atoms with Crippen LogP contribution in [0.4, 0.5) is 0 Å². The lowest BCUT2D eigenvalue weighted by Gasteiger charge is -2.13. The van der Waals surface area contributed by atoms with E-state index in [0.717, 1.165) is 23.3 Å². The average molecular weight is 286 g/mol. The normalized spacial score (nSPS) is 10.2. The number of benzene rings is 2. The van der Waals surface area contributed by atoms with Crippen molar-refractivity contribution >= 4 is 5.97 Å². The van der Waals surface area contributed by atoms with Crippen LogP contribution in [0.2, 0.25) is 0 Å². The number of carbonyl (C=O) groups is 1. The highest BCUT2D eigenvalue weighted by molar-refractivity contribution is 5.90. The van der Waals surface area contributed by atoms with E-state index >= 15 is 0 Å². The minimum atomic E-state index is -0.948. The lowest BCUT2D eigenvalue weighted by atomic mass is 10.0. The zero-order valence-corrected chi connectivity index (χ0v) is 12.1. The number of hydrogen-bond donors (Lipinski definition) is 1.